The third kappa shape index (κ3) is 4.94. The normalized spacial score (nSPS) is 15.7. The lowest BCUT2D eigenvalue weighted by molar-refractivity contribution is 0.200. The Labute approximate surface area is 98.1 Å². The Bertz CT molecular complexity index is 338. The van der Waals surface area contributed by atoms with Gasteiger partial charge >= 0.3 is 0 Å². The van der Waals surface area contributed by atoms with Gasteiger partial charge in [-0.1, -0.05) is 61.6 Å². The summed E-state index contributed by atoms with van der Waals surface area (Å²) in [6.45, 7) is 4.04. The van der Waals surface area contributed by atoms with Gasteiger partial charge in [0.2, 0.25) is 0 Å². The lowest BCUT2D eigenvalue weighted by Gasteiger charge is -2.09. The Balaban J connectivity index is 2.45. The number of hydrogen-bond donors (Lipinski definition) is 1. The highest BCUT2D eigenvalue weighted by Crippen LogP contribution is 2.11. The summed E-state index contributed by atoms with van der Waals surface area (Å²) >= 11 is 0. The van der Waals surface area contributed by atoms with Gasteiger partial charge in [-0.25, -0.2) is 0 Å². The minimum Gasteiger partial charge on any atom is -0.389 e. The molecule has 1 heteroatoms. The van der Waals surface area contributed by atoms with E-state index in [1.807, 2.05) is 37.3 Å². The van der Waals surface area contributed by atoms with E-state index >= 15 is 0 Å². The monoisotopic (exact) mass is 216 g/mol. The fourth-order valence-corrected chi connectivity index (χ4v) is 1.60. The third-order valence-corrected chi connectivity index (χ3v) is 2.44. The molecule has 0 radical (unpaired) electrons. The van der Waals surface area contributed by atoms with Crippen molar-refractivity contribution in [1.29, 1.82) is 0 Å². The summed E-state index contributed by atoms with van der Waals surface area (Å²) in [7, 11) is 0. The molecule has 1 nitrogen and oxygen atoms in total. The van der Waals surface area contributed by atoms with Crippen LogP contribution in [0.3, 0.4) is 0 Å². The van der Waals surface area contributed by atoms with Crippen LogP contribution in [0.5, 0.6) is 0 Å². The summed E-state index contributed by atoms with van der Waals surface area (Å²) in [5.41, 5.74) is 1.20. The second kappa shape index (κ2) is 7.02. The molecule has 0 aliphatic rings. The fraction of sp³-hybridized carbons (Fsp3) is 0.333. The minimum atomic E-state index is -0.333. The van der Waals surface area contributed by atoms with Crippen LogP contribution in [0.15, 0.2) is 48.6 Å². The van der Waals surface area contributed by atoms with Gasteiger partial charge in [0.05, 0.1) is 6.10 Å². The Hall–Kier alpha value is -1.34. The number of benzene rings is 1. The maximum Gasteiger partial charge on any atom is 0.0726 e. The van der Waals surface area contributed by atoms with Crippen LogP contribution in [0.2, 0.25) is 0 Å². The van der Waals surface area contributed by atoms with Gasteiger partial charge in [0.1, 0.15) is 0 Å². The second-order valence-corrected chi connectivity index (χ2v) is 4.08. The SMILES string of the molecule is C/C=C\[C@@H](O)C[C@H](C)/C=C/c1ccccc1. The number of hydrogen-bond acceptors (Lipinski definition) is 1. The summed E-state index contributed by atoms with van der Waals surface area (Å²) in [6, 6.07) is 10.2. The van der Waals surface area contributed by atoms with Gasteiger partial charge in [-0.3, -0.25) is 0 Å². The number of aliphatic hydroxyl groups excluding tert-OH is 1. The van der Waals surface area contributed by atoms with E-state index in [9.17, 15) is 5.11 Å². The zero-order chi connectivity index (χ0) is 11.8. The summed E-state index contributed by atoms with van der Waals surface area (Å²) in [5, 5.41) is 9.60. The first kappa shape index (κ1) is 12.7. The smallest absolute Gasteiger partial charge is 0.0726 e. The van der Waals surface area contributed by atoms with E-state index in [-0.39, 0.29) is 6.10 Å². The summed E-state index contributed by atoms with van der Waals surface area (Å²) in [5.74, 6) is 0.381. The largest absolute Gasteiger partial charge is 0.389 e. The Morgan fingerprint density at radius 2 is 1.88 bits per heavy atom. The topological polar surface area (TPSA) is 20.2 Å². The van der Waals surface area contributed by atoms with E-state index < -0.39 is 0 Å². The van der Waals surface area contributed by atoms with Crippen molar-refractivity contribution in [1.82, 2.24) is 0 Å². The summed E-state index contributed by atoms with van der Waals surface area (Å²) in [4.78, 5) is 0. The summed E-state index contributed by atoms with van der Waals surface area (Å²) < 4.78 is 0. The van der Waals surface area contributed by atoms with Crippen LogP contribution in [-0.4, -0.2) is 11.2 Å². The van der Waals surface area contributed by atoms with E-state index in [0.29, 0.717) is 5.92 Å². The maximum absolute atomic E-state index is 9.60. The predicted octanol–water partition coefficient (Wildman–Crippen LogP) is 3.66. The molecule has 0 amide bonds. The first-order valence-electron chi connectivity index (χ1n) is 5.76. The summed E-state index contributed by atoms with van der Waals surface area (Å²) in [6.07, 6.45) is 8.40. The molecule has 16 heavy (non-hydrogen) atoms. The average Bonchev–Trinajstić information content (AvgIpc) is 2.28. The van der Waals surface area contributed by atoms with Gasteiger partial charge in [-0.05, 0) is 24.8 Å². The van der Waals surface area contributed by atoms with Crippen LogP contribution in [0.1, 0.15) is 25.8 Å². The van der Waals surface area contributed by atoms with Crippen molar-refractivity contribution in [2.45, 2.75) is 26.4 Å². The molecule has 0 aliphatic carbocycles. The molecule has 0 saturated heterocycles. The van der Waals surface area contributed by atoms with Crippen molar-refractivity contribution in [3.05, 3.63) is 54.1 Å². The molecule has 0 saturated carbocycles. The number of aliphatic hydroxyl groups is 1. The molecule has 0 aliphatic heterocycles. The molecule has 1 rings (SSSR count). The van der Waals surface area contributed by atoms with E-state index in [1.165, 1.54) is 5.56 Å². The molecule has 0 unspecified atom stereocenters. The van der Waals surface area contributed by atoms with Crippen LogP contribution < -0.4 is 0 Å². The van der Waals surface area contributed by atoms with Crippen molar-refractivity contribution < 1.29 is 5.11 Å². The highest BCUT2D eigenvalue weighted by Gasteiger charge is 2.03. The zero-order valence-corrected chi connectivity index (χ0v) is 10.0. The Kier molecular flexibility index (Phi) is 5.58. The van der Waals surface area contributed by atoms with Crippen molar-refractivity contribution in [2.75, 3.05) is 0 Å². The molecule has 2 atom stereocenters. The number of allylic oxidation sites excluding steroid dienone is 2. The lowest BCUT2D eigenvalue weighted by Crippen LogP contribution is -2.06. The lowest BCUT2D eigenvalue weighted by atomic mass is 10.0. The molecule has 0 aromatic heterocycles. The van der Waals surface area contributed by atoms with E-state index in [1.54, 1.807) is 0 Å². The second-order valence-electron chi connectivity index (χ2n) is 4.08. The van der Waals surface area contributed by atoms with Gasteiger partial charge in [0.25, 0.3) is 0 Å². The van der Waals surface area contributed by atoms with Crippen LogP contribution in [0, 0.1) is 5.92 Å². The standard InChI is InChI=1S/C15H20O/c1-3-7-15(16)12-13(2)10-11-14-8-5-4-6-9-14/h3-11,13,15-16H,12H2,1-2H3/b7-3-,11-10+/t13-,15-/m1/s1. The first-order chi connectivity index (χ1) is 7.72. The average molecular weight is 216 g/mol. The van der Waals surface area contributed by atoms with Crippen LogP contribution in [-0.2, 0) is 0 Å². The molecule has 0 spiro atoms. The van der Waals surface area contributed by atoms with Crippen LogP contribution in [0.25, 0.3) is 6.08 Å². The van der Waals surface area contributed by atoms with E-state index in [4.69, 9.17) is 0 Å². The quantitative estimate of drug-likeness (QED) is 0.745. The van der Waals surface area contributed by atoms with Crippen molar-refractivity contribution in [3.8, 4) is 0 Å². The molecular formula is C15H20O. The molecule has 1 N–H and O–H groups in total. The Morgan fingerprint density at radius 1 is 1.19 bits per heavy atom. The molecular weight excluding hydrogens is 196 g/mol. The zero-order valence-electron chi connectivity index (χ0n) is 10.0. The van der Waals surface area contributed by atoms with Gasteiger partial charge in [0.15, 0.2) is 0 Å². The van der Waals surface area contributed by atoms with E-state index in [2.05, 4.69) is 31.2 Å². The van der Waals surface area contributed by atoms with Crippen molar-refractivity contribution in [2.24, 2.45) is 5.92 Å². The fourth-order valence-electron chi connectivity index (χ4n) is 1.60. The van der Waals surface area contributed by atoms with Crippen LogP contribution in [0.4, 0.5) is 0 Å². The van der Waals surface area contributed by atoms with Crippen molar-refractivity contribution >= 4 is 6.08 Å². The Morgan fingerprint density at radius 3 is 2.50 bits per heavy atom. The first-order valence-corrected chi connectivity index (χ1v) is 5.76. The van der Waals surface area contributed by atoms with Gasteiger partial charge < -0.3 is 5.11 Å². The molecule has 0 fully saturated rings. The molecule has 0 bridgehead atoms. The van der Waals surface area contributed by atoms with Gasteiger partial charge in [-0.15, -0.1) is 0 Å². The van der Waals surface area contributed by atoms with Crippen LogP contribution >= 0.6 is 0 Å². The molecule has 1 aromatic carbocycles. The number of rotatable bonds is 5. The molecule has 1 aromatic rings. The highest BCUT2D eigenvalue weighted by molar-refractivity contribution is 5.48. The highest BCUT2D eigenvalue weighted by atomic mass is 16.3. The minimum absolute atomic E-state index is 0.333. The predicted molar refractivity (Wildman–Crippen MR) is 70.1 cm³/mol. The van der Waals surface area contributed by atoms with Gasteiger partial charge in [0, 0.05) is 0 Å². The van der Waals surface area contributed by atoms with Gasteiger partial charge in [-0.2, -0.15) is 0 Å². The third-order valence-electron chi connectivity index (χ3n) is 2.44. The molecule has 0 heterocycles. The maximum atomic E-state index is 9.60. The molecule has 86 valence electrons. The van der Waals surface area contributed by atoms with Crippen molar-refractivity contribution in [3.63, 3.8) is 0 Å². The van der Waals surface area contributed by atoms with E-state index in [0.717, 1.165) is 6.42 Å².